The maximum atomic E-state index is 11.8. The SMILES string of the molecule is CC(C)OC(=O)N1CCCc2ncccc21. The highest BCUT2D eigenvalue weighted by Gasteiger charge is 2.24. The van der Waals surface area contributed by atoms with Crippen molar-refractivity contribution in [2.45, 2.75) is 32.8 Å². The Kier molecular flexibility index (Phi) is 3.08. The van der Waals surface area contributed by atoms with Gasteiger partial charge in [0.25, 0.3) is 0 Å². The number of hydrogen-bond acceptors (Lipinski definition) is 3. The topological polar surface area (TPSA) is 42.4 Å². The molecule has 86 valence electrons. The molecule has 0 saturated heterocycles. The van der Waals surface area contributed by atoms with Crippen LogP contribution in [0.1, 0.15) is 26.0 Å². The van der Waals surface area contributed by atoms with Gasteiger partial charge >= 0.3 is 6.09 Å². The molecule has 0 aliphatic carbocycles. The molecule has 1 aliphatic rings. The number of rotatable bonds is 1. The van der Waals surface area contributed by atoms with Gasteiger partial charge in [-0.3, -0.25) is 9.88 Å². The van der Waals surface area contributed by atoms with Gasteiger partial charge in [0.2, 0.25) is 0 Å². The Balaban J connectivity index is 2.21. The Morgan fingerprint density at radius 1 is 1.56 bits per heavy atom. The van der Waals surface area contributed by atoms with E-state index in [0.29, 0.717) is 6.54 Å². The van der Waals surface area contributed by atoms with Gasteiger partial charge in [0.1, 0.15) is 0 Å². The van der Waals surface area contributed by atoms with Gasteiger partial charge in [0, 0.05) is 12.7 Å². The lowest BCUT2D eigenvalue weighted by Gasteiger charge is -2.28. The van der Waals surface area contributed by atoms with Crippen LogP contribution in [0.15, 0.2) is 18.3 Å². The van der Waals surface area contributed by atoms with E-state index in [4.69, 9.17) is 4.74 Å². The summed E-state index contributed by atoms with van der Waals surface area (Å²) in [6.45, 7) is 4.42. The van der Waals surface area contributed by atoms with Crippen LogP contribution in [0.4, 0.5) is 10.5 Å². The maximum absolute atomic E-state index is 11.8. The summed E-state index contributed by atoms with van der Waals surface area (Å²) in [5, 5.41) is 0. The molecule has 1 aliphatic heterocycles. The third-order valence-electron chi connectivity index (χ3n) is 2.51. The van der Waals surface area contributed by atoms with Gasteiger partial charge < -0.3 is 4.74 Å². The summed E-state index contributed by atoms with van der Waals surface area (Å²) >= 11 is 0. The number of aromatic nitrogens is 1. The molecule has 1 amide bonds. The van der Waals surface area contributed by atoms with E-state index >= 15 is 0 Å². The van der Waals surface area contributed by atoms with Gasteiger partial charge in [-0.15, -0.1) is 0 Å². The molecule has 0 bridgehead atoms. The molecule has 0 atom stereocenters. The average Bonchev–Trinajstić information content (AvgIpc) is 2.27. The van der Waals surface area contributed by atoms with Crippen molar-refractivity contribution >= 4 is 11.8 Å². The average molecular weight is 220 g/mol. The van der Waals surface area contributed by atoms with E-state index in [1.807, 2.05) is 26.0 Å². The van der Waals surface area contributed by atoms with Crippen molar-refractivity contribution in [2.24, 2.45) is 0 Å². The molecule has 1 aromatic rings. The van der Waals surface area contributed by atoms with Crippen LogP contribution >= 0.6 is 0 Å². The van der Waals surface area contributed by atoms with E-state index in [9.17, 15) is 4.79 Å². The highest BCUT2D eigenvalue weighted by Crippen LogP contribution is 2.25. The Labute approximate surface area is 95.2 Å². The van der Waals surface area contributed by atoms with Crippen molar-refractivity contribution in [3.05, 3.63) is 24.0 Å². The second kappa shape index (κ2) is 4.51. The smallest absolute Gasteiger partial charge is 0.414 e. The molecule has 0 radical (unpaired) electrons. The van der Waals surface area contributed by atoms with Gasteiger partial charge in [-0.1, -0.05) is 0 Å². The Morgan fingerprint density at radius 3 is 3.12 bits per heavy atom. The predicted molar refractivity (Wildman–Crippen MR) is 61.5 cm³/mol. The van der Waals surface area contributed by atoms with E-state index < -0.39 is 0 Å². The molecule has 0 N–H and O–H groups in total. The molecule has 0 fully saturated rings. The molecular formula is C12H16N2O2. The van der Waals surface area contributed by atoms with Gasteiger partial charge in [-0.2, -0.15) is 0 Å². The summed E-state index contributed by atoms with van der Waals surface area (Å²) in [5.74, 6) is 0. The largest absolute Gasteiger partial charge is 0.446 e. The fraction of sp³-hybridized carbons (Fsp3) is 0.500. The number of hydrogen-bond donors (Lipinski definition) is 0. The highest BCUT2D eigenvalue weighted by molar-refractivity contribution is 5.88. The van der Waals surface area contributed by atoms with Crippen LogP contribution in [0, 0.1) is 0 Å². The van der Waals surface area contributed by atoms with Crippen molar-refractivity contribution in [3.8, 4) is 0 Å². The van der Waals surface area contributed by atoms with E-state index in [0.717, 1.165) is 24.2 Å². The second-order valence-corrected chi connectivity index (χ2v) is 4.16. The molecule has 16 heavy (non-hydrogen) atoms. The summed E-state index contributed by atoms with van der Waals surface area (Å²) in [7, 11) is 0. The molecule has 4 heteroatoms. The van der Waals surface area contributed by atoms with Crippen LogP contribution in [0.25, 0.3) is 0 Å². The highest BCUT2D eigenvalue weighted by atomic mass is 16.6. The first-order valence-corrected chi connectivity index (χ1v) is 5.60. The van der Waals surface area contributed by atoms with Crippen molar-refractivity contribution in [1.29, 1.82) is 0 Å². The Morgan fingerprint density at radius 2 is 2.38 bits per heavy atom. The van der Waals surface area contributed by atoms with Crippen molar-refractivity contribution in [2.75, 3.05) is 11.4 Å². The summed E-state index contributed by atoms with van der Waals surface area (Å²) in [6, 6.07) is 3.77. The summed E-state index contributed by atoms with van der Waals surface area (Å²) in [4.78, 5) is 17.8. The van der Waals surface area contributed by atoms with Crippen LogP contribution in [-0.4, -0.2) is 23.7 Å². The molecule has 0 aromatic carbocycles. The quantitative estimate of drug-likeness (QED) is 0.729. The molecule has 2 rings (SSSR count). The summed E-state index contributed by atoms with van der Waals surface area (Å²) in [5.41, 5.74) is 1.87. The zero-order chi connectivity index (χ0) is 11.5. The van der Waals surface area contributed by atoms with Crippen LogP contribution in [-0.2, 0) is 11.2 Å². The predicted octanol–water partition coefficient (Wildman–Crippen LogP) is 2.38. The minimum absolute atomic E-state index is 0.0884. The van der Waals surface area contributed by atoms with Crippen molar-refractivity contribution in [1.82, 2.24) is 4.98 Å². The van der Waals surface area contributed by atoms with Crippen LogP contribution in [0.5, 0.6) is 0 Å². The molecule has 0 saturated carbocycles. The number of carbonyl (C=O) groups excluding carboxylic acids is 1. The lowest BCUT2D eigenvalue weighted by molar-refractivity contribution is 0.122. The number of fused-ring (bicyclic) bond motifs is 1. The number of aryl methyl sites for hydroxylation is 1. The Hall–Kier alpha value is -1.58. The number of amides is 1. The number of nitrogens with zero attached hydrogens (tertiary/aromatic N) is 2. The van der Waals surface area contributed by atoms with E-state index in [1.54, 1.807) is 11.1 Å². The third kappa shape index (κ3) is 2.15. The number of ether oxygens (including phenoxy) is 1. The number of carbonyl (C=O) groups is 1. The Bertz CT molecular complexity index is 390. The van der Waals surface area contributed by atoms with E-state index in [2.05, 4.69) is 4.98 Å². The minimum atomic E-state index is -0.274. The van der Waals surface area contributed by atoms with Gasteiger partial charge in [0.05, 0.1) is 17.5 Å². The molecule has 0 spiro atoms. The van der Waals surface area contributed by atoms with Crippen LogP contribution in [0.3, 0.4) is 0 Å². The lowest BCUT2D eigenvalue weighted by Crippen LogP contribution is -2.37. The summed E-state index contributed by atoms with van der Waals surface area (Å²) < 4.78 is 5.21. The fourth-order valence-electron chi connectivity index (χ4n) is 1.85. The van der Waals surface area contributed by atoms with Crippen molar-refractivity contribution < 1.29 is 9.53 Å². The van der Waals surface area contributed by atoms with Crippen LogP contribution in [0.2, 0.25) is 0 Å². The number of anilines is 1. The monoisotopic (exact) mass is 220 g/mol. The van der Waals surface area contributed by atoms with Gasteiger partial charge in [-0.25, -0.2) is 4.79 Å². The first kappa shape index (κ1) is 10.9. The molecule has 4 nitrogen and oxygen atoms in total. The van der Waals surface area contributed by atoms with Crippen LogP contribution < -0.4 is 4.90 Å². The van der Waals surface area contributed by atoms with Crippen molar-refractivity contribution in [3.63, 3.8) is 0 Å². The minimum Gasteiger partial charge on any atom is -0.446 e. The maximum Gasteiger partial charge on any atom is 0.414 e. The molecule has 1 aromatic heterocycles. The molecular weight excluding hydrogens is 204 g/mol. The second-order valence-electron chi connectivity index (χ2n) is 4.16. The van der Waals surface area contributed by atoms with Gasteiger partial charge in [0.15, 0.2) is 0 Å². The lowest BCUT2D eigenvalue weighted by atomic mass is 10.1. The van der Waals surface area contributed by atoms with E-state index in [1.165, 1.54) is 0 Å². The summed E-state index contributed by atoms with van der Waals surface area (Å²) in [6.07, 6.45) is 3.27. The zero-order valence-electron chi connectivity index (χ0n) is 9.64. The first-order valence-electron chi connectivity index (χ1n) is 5.60. The zero-order valence-corrected chi connectivity index (χ0v) is 9.64. The normalized spacial score (nSPS) is 14.8. The first-order chi connectivity index (χ1) is 7.68. The third-order valence-corrected chi connectivity index (χ3v) is 2.51. The molecule has 2 heterocycles. The molecule has 0 unspecified atom stereocenters. The standard InChI is InChI=1S/C12H16N2O2/c1-9(2)16-12(15)14-8-4-5-10-11(14)6-3-7-13-10/h3,6-7,9H,4-5,8H2,1-2H3. The fourth-order valence-corrected chi connectivity index (χ4v) is 1.85. The number of pyridine rings is 1. The van der Waals surface area contributed by atoms with Gasteiger partial charge in [-0.05, 0) is 38.8 Å². The van der Waals surface area contributed by atoms with E-state index in [-0.39, 0.29) is 12.2 Å².